The van der Waals surface area contributed by atoms with Crippen molar-refractivity contribution in [1.82, 2.24) is 0 Å². The van der Waals surface area contributed by atoms with Crippen LogP contribution in [0.15, 0.2) is 93.3 Å². The van der Waals surface area contributed by atoms with Crippen molar-refractivity contribution in [3.63, 3.8) is 0 Å². The van der Waals surface area contributed by atoms with Gasteiger partial charge in [-0.25, -0.2) is 0 Å². The Balaban J connectivity index is 1.16. The van der Waals surface area contributed by atoms with Crippen molar-refractivity contribution in [2.75, 3.05) is 0 Å². The lowest BCUT2D eigenvalue weighted by atomic mass is 9.40. The molecule has 6 heteroatoms. The Labute approximate surface area is 399 Å². The maximum absolute atomic E-state index is 2.61. The van der Waals surface area contributed by atoms with Gasteiger partial charge in [0.2, 0.25) is 0 Å². The molecule has 0 radical (unpaired) electrons. The van der Waals surface area contributed by atoms with Gasteiger partial charge in [-0.1, -0.05) is 172 Å². The van der Waals surface area contributed by atoms with Crippen LogP contribution in [0.25, 0.3) is 19.5 Å². The molecule has 0 saturated carbocycles. The third-order valence-corrected chi connectivity index (χ3v) is 20.6. The number of benzene rings is 3. The van der Waals surface area contributed by atoms with Crippen LogP contribution in [0.2, 0.25) is 0 Å². The highest BCUT2D eigenvalue weighted by atomic mass is 32.2. The van der Waals surface area contributed by atoms with E-state index in [4.69, 9.17) is 0 Å². The molecule has 1 aliphatic heterocycles. The van der Waals surface area contributed by atoms with Gasteiger partial charge in [-0.2, -0.15) is 0 Å². The average Bonchev–Trinajstić information content (AvgIpc) is 4.14. The van der Waals surface area contributed by atoms with Gasteiger partial charge < -0.3 is 0 Å². The first kappa shape index (κ1) is 43.8. The normalized spacial score (nSPS) is 16.0. The van der Waals surface area contributed by atoms with Crippen molar-refractivity contribution in [2.24, 2.45) is 0 Å². The third-order valence-electron chi connectivity index (χ3n) is 14.3. The molecule has 3 aliphatic rings. The van der Waals surface area contributed by atoms with Gasteiger partial charge in [0.15, 0.2) is 0 Å². The maximum atomic E-state index is 2.61. The van der Waals surface area contributed by atoms with Gasteiger partial charge >= 0.3 is 0 Å². The van der Waals surface area contributed by atoms with Crippen molar-refractivity contribution < 1.29 is 0 Å². The Morgan fingerprint density at radius 2 is 0.952 bits per heavy atom. The van der Waals surface area contributed by atoms with Crippen molar-refractivity contribution in [3.8, 4) is 19.5 Å². The van der Waals surface area contributed by atoms with E-state index >= 15 is 0 Å². The fraction of sp³-hybridized carbons (Fsp3) is 0.404. The summed E-state index contributed by atoms with van der Waals surface area (Å²) >= 11 is 10.4. The van der Waals surface area contributed by atoms with Crippen molar-refractivity contribution >= 4 is 78.8 Å². The van der Waals surface area contributed by atoms with Crippen LogP contribution in [-0.2, 0) is 12.8 Å². The van der Waals surface area contributed by atoms with Gasteiger partial charge in [0.05, 0.1) is 0 Å². The monoisotopic (exact) mass is 918 g/mol. The molecule has 63 heavy (non-hydrogen) atoms. The van der Waals surface area contributed by atoms with Crippen molar-refractivity contribution in [1.29, 1.82) is 0 Å². The zero-order chi connectivity index (χ0) is 43.5. The molecular weight excluding hydrogens is 856 g/mol. The zero-order valence-corrected chi connectivity index (χ0v) is 42.7. The lowest BCUT2D eigenvalue weighted by molar-refractivity contribution is 0.667. The van der Waals surface area contributed by atoms with E-state index in [1.807, 2.05) is 22.7 Å². The number of unbranched alkanes of at least 4 members (excludes halogenated alkanes) is 6. The second-order valence-corrected chi connectivity index (χ2v) is 24.5. The molecule has 324 valence electrons. The molecule has 0 fully saturated rings. The van der Waals surface area contributed by atoms with Crippen LogP contribution >= 0.6 is 57.1 Å². The van der Waals surface area contributed by atoms with E-state index in [0.717, 1.165) is 0 Å². The molecule has 3 aromatic carbocycles. The molecule has 4 aromatic heterocycles. The summed E-state index contributed by atoms with van der Waals surface area (Å²) < 4.78 is 3.18. The van der Waals surface area contributed by atoms with Gasteiger partial charge in [-0.15, -0.1) is 45.3 Å². The van der Waals surface area contributed by atoms with Crippen LogP contribution in [0.4, 0.5) is 0 Å². The predicted molar refractivity (Wildman–Crippen MR) is 283 cm³/mol. The summed E-state index contributed by atoms with van der Waals surface area (Å²) in [6.07, 6.45) is 12.8. The van der Waals surface area contributed by atoms with Gasteiger partial charge in [0.25, 0.3) is 6.71 Å². The molecule has 10 rings (SSSR count). The van der Waals surface area contributed by atoms with Crippen LogP contribution in [-0.4, -0.2) is 6.71 Å². The van der Waals surface area contributed by atoms with Crippen LogP contribution in [0.1, 0.15) is 198 Å². The summed E-state index contributed by atoms with van der Waals surface area (Å²) in [4.78, 5) is 9.18. The number of hydrogen-bond acceptors (Lipinski definition) is 5. The number of hydrogen-bond donors (Lipinski definition) is 0. The summed E-state index contributed by atoms with van der Waals surface area (Å²) in [5.74, 6) is 1.85. The molecular formula is C57H63BS5. The largest absolute Gasteiger partial charge is 0.270 e. The van der Waals surface area contributed by atoms with E-state index in [0.29, 0.717) is 17.8 Å². The van der Waals surface area contributed by atoms with Crippen molar-refractivity contribution in [3.05, 3.63) is 145 Å². The van der Waals surface area contributed by atoms with Crippen LogP contribution in [0.3, 0.4) is 0 Å². The third kappa shape index (κ3) is 7.74. The van der Waals surface area contributed by atoms with Gasteiger partial charge in [0, 0.05) is 41.1 Å². The summed E-state index contributed by atoms with van der Waals surface area (Å²) in [6.45, 7) is 19.3. The molecule has 0 amide bonds. The highest BCUT2D eigenvalue weighted by Crippen LogP contribution is 2.61. The predicted octanol–water partition coefficient (Wildman–Crippen LogP) is 16.9. The summed E-state index contributed by atoms with van der Waals surface area (Å²) in [6, 6.07) is 29.8. The minimum atomic E-state index is 0.211. The number of rotatable bonds is 16. The highest BCUT2D eigenvalue weighted by Gasteiger charge is 2.48. The van der Waals surface area contributed by atoms with Crippen LogP contribution in [0, 0.1) is 0 Å². The van der Waals surface area contributed by atoms with Gasteiger partial charge in [-0.05, 0) is 137 Å². The molecule has 0 bridgehead atoms. The Morgan fingerprint density at radius 3 is 1.35 bits per heavy atom. The minimum Gasteiger partial charge on any atom is -0.147 e. The second-order valence-electron chi connectivity index (χ2n) is 19.6. The average molecular weight is 919 g/mol. The molecule has 2 atom stereocenters. The molecule has 0 saturated heterocycles. The number of aryl methyl sites for hydroxylation is 2. The Hall–Kier alpha value is -3.13. The number of thiophene rings is 4. The standard InChI is InChI=1S/C57H63BS5/c1-9-11-13-15-17-36-19-23-38(24-20-36)45-41-27-29-59-50(41)52-47(45)54-56(62-52)58(49-43(34(5)6)31-40(33(3)4)32-44(49)35(7)8)57-55(61-54)48-46(42-28-30-60-51(42)53(48)63-57)39-25-21-37(22-26-39)18-16-14-12-10-2/h19-35,45-46H,9-18H2,1-8H3. The summed E-state index contributed by atoms with van der Waals surface area (Å²) in [5.41, 5.74) is 18.2. The lowest BCUT2D eigenvalue weighted by Crippen LogP contribution is -2.55. The minimum absolute atomic E-state index is 0.211. The highest BCUT2D eigenvalue weighted by molar-refractivity contribution is 8.00. The maximum Gasteiger partial charge on any atom is 0.270 e. The van der Waals surface area contributed by atoms with Gasteiger partial charge in [-0.3, -0.25) is 0 Å². The van der Waals surface area contributed by atoms with Crippen LogP contribution in [0.5, 0.6) is 0 Å². The van der Waals surface area contributed by atoms with E-state index in [1.165, 1.54) is 123 Å². The molecule has 2 unspecified atom stereocenters. The first-order chi connectivity index (χ1) is 30.7. The number of fused-ring (bicyclic) bond motifs is 10. The smallest absolute Gasteiger partial charge is 0.147 e. The Bertz CT molecular complexity index is 2550. The molecule has 7 aromatic rings. The molecule has 2 aliphatic carbocycles. The van der Waals surface area contributed by atoms with E-state index in [9.17, 15) is 0 Å². The molecule has 0 N–H and O–H groups in total. The van der Waals surface area contributed by atoms with Crippen molar-refractivity contribution in [2.45, 2.75) is 159 Å². The van der Waals surface area contributed by atoms with E-state index < -0.39 is 0 Å². The lowest BCUT2D eigenvalue weighted by Gasteiger charge is -2.30. The summed E-state index contributed by atoms with van der Waals surface area (Å²) in [5, 5.41) is 4.71. The van der Waals surface area contributed by atoms with E-state index in [-0.39, 0.29) is 18.5 Å². The zero-order valence-electron chi connectivity index (χ0n) is 38.7. The quantitative estimate of drug-likeness (QED) is 0.0687. The van der Waals surface area contributed by atoms with E-state index in [1.54, 1.807) is 47.1 Å². The Kier molecular flexibility index (Phi) is 12.7. The van der Waals surface area contributed by atoms with E-state index in [2.05, 4.69) is 173 Å². The molecule has 5 heterocycles. The molecule has 0 spiro atoms. The first-order valence-electron chi connectivity index (χ1n) is 24.2. The van der Waals surface area contributed by atoms with Crippen LogP contribution < -0.4 is 15.0 Å². The fourth-order valence-corrected chi connectivity index (χ4v) is 17.9. The second kappa shape index (κ2) is 18.3. The van der Waals surface area contributed by atoms with Gasteiger partial charge in [0.1, 0.15) is 0 Å². The SMILES string of the molecule is CCCCCCc1ccc(C2c3ccsc3-c3sc4c(c32)Sc2c(sc3c2C(c2ccc(CCCCCC)cc2)c2ccsc2-3)B4c2c(C(C)C)cc(C(C)C)cc2C(C)C)cc1. The fourth-order valence-electron chi connectivity index (χ4n) is 10.9. The molecule has 0 nitrogen and oxygen atoms in total. The summed E-state index contributed by atoms with van der Waals surface area (Å²) in [7, 11) is 0. The Morgan fingerprint density at radius 1 is 0.508 bits per heavy atom. The first-order valence-corrected chi connectivity index (χ1v) is 28.4. The topological polar surface area (TPSA) is 0 Å².